The van der Waals surface area contributed by atoms with Gasteiger partial charge in [0.2, 0.25) is 0 Å². The topological polar surface area (TPSA) is 32.3 Å². The van der Waals surface area contributed by atoms with E-state index in [0.29, 0.717) is 12.5 Å². The fraction of sp³-hybridized carbons (Fsp3) is 0.533. The Labute approximate surface area is 113 Å². The molecule has 0 aromatic heterocycles. The number of rotatable bonds is 3. The number of aryl methyl sites for hydroxylation is 1. The molecule has 1 aromatic carbocycles. The zero-order valence-electron chi connectivity index (χ0n) is 11.6. The number of hydrogen-bond acceptors (Lipinski definition) is 2. The number of benzene rings is 1. The molecule has 0 bridgehead atoms. The minimum absolute atomic E-state index is 0.169. The van der Waals surface area contributed by atoms with E-state index in [-0.39, 0.29) is 11.5 Å². The third-order valence-electron chi connectivity index (χ3n) is 3.69. The van der Waals surface area contributed by atoms with E-state index in [2.05, 4.69) is 5.32 Å². The molecule has 1 heterocycles. The van der Waals surface area contributed by atoms with Crippen LogP contribution in [0, 0.1) is 18.7 Å². The fourth-order valence-electron chi connectivity index (χ4n) is 2.53. The first-order chi connectivity index (χ1) is 9.08. The monoisotopic (exact) mass is 264 g/mol. The van der Waals surface area contributed by atoms with E-state index in [0.717, 1.165) is 31.5 Å². The molecule has 104 valence electrons. The maximum Gasteiger partial charge on any atom is 0.256 e. The Morgan fingerprint density at radius 2 is 2.11 bits per heavy atom. The quantitative estimate of drug-likeness (QED) is 0.907. The summed E-state index contributed by atoms with van der Waals surface area (Å²) in [5, 5.41) is 3.30. The Morgan fingerprint density at radius 3 is 2.74 bits per heavy atom. The van der Waals surface area contributed by atoms with Crippen molar-refractivity contribution in [1.29, 1.82) is 0 Å². The smallest absolute Gasteiger partial charge is 0.256 e. The Kier molecular flexibility index (Phi) is 4.53. The van der Waals surface area contributed by atoms with Crippen LogP contribution in [-0.2, 0) is 0 Å². The van der Waals surface area contributed by atoms with Crippen LogP contribution < -0.4 is 5.32 Å². The highest BCUT2D eigenvalue weighted by molar-refractivity contribution is 5.94. The first kappa shape index (κ1) is 14.0. The molecule has 1 N–H and O–H groups in total. The molecular formula is C15H21FN2O. The van der Waals surface area contributed by atoms with Gasteiger partial charge in [0.05, 0.1) is 5.56 Å². The number of amides is 1. The van der Waals surface area contributed by atoms with E-state index < -0.39 is 5.82 Å². The first-order valence-corrected chi connectivity index (χ1v) is 6.80. The molecule has 4 heteroatoms. The molecule has 1 amide bonds. The summed E-state index contributed by atoms with van der Waals surface area (Å²) >= 11 is 0. The van der Waals surface area contributed by atoms with Crippen molar-refractivity contribution in [2.75, 3.05) is 26.7 Å². The van der Waals surface area contributed by atoms with Gasteiger partial charge in [-0.15, -0.1) is 0 Å². The molecule has 19 heavy (non-hydrogen) atoms. The highest BCUT2D eigenvalue weighted by atomic mass is 19.1. The Morgan fingerprint density at radius 1 is 1.42 bits per heavy atom. The predicted octanol–water partition coefficient (Wildman–Crippen LogP) is 2.21. The predicted molar refractivity (Wildman–Crippen MR) is 73.7 cm³/mol. The van der Waals surface area contributed by atoms with Gasteiger partial charge < -0.3 is 10.2 Å². The molecule has 0 saturated carbocycles. The van der Waals surface area contributed by atoms with Crippen LogP contribution in [0.15, 0.2) is 18.2 Å². The minimum atomic E-state index is -0.429. The van der Waals surface area contributed by atoms with Gasteiger partial charge in [-0.05, 0) is 56.5 Å². The number of carbonyl (C=O) groups excluding carboxylic acids is 1. The van der Waals surface area contributed by atoms with Gasteiger partial charge in [-0.3, -0.25) is 4.79 Å². The van der Waals surface area contributed by atoms with Crippen LogP contribution >= 0.6 is 0 Å². The van der Waals surface area contributed by atoms with Crippen LogP contribution in [0.1, 0.15) is 28.8 Å². The maximum atomic E-state index is 13.8. The highest BCUT2D eigenvalue weighted by Crippen LogP contribution is 2.16. The van der Waals surface area contributed by atoms with Crippen molar-refractivity contribution in [2.45, 2.75) is 19.8 Å². The molecule has 0 unspecified atom stereocenters. The third kappa shape index (κ3) is 3.53. The van der Waals surface area contributed by atoms with Crippen molar-refractivity contribution in [3.05, 3.63) is 35.1 Å². The zero-order chi connectivity index (χ0) is 13.8. The van der Waals surface area contributed by atoms with Gasteiger partial charge in [-0.1, -0.05) is 6.07 Å². The lowest BCUT2D eigenvalue weighted by molar-refractivity contribution is 0.0758. The largest absolute Gasteiger partial charge is 0.341 e. The zero-order valence-corrected chi connectivity index (χ0v) is 11.6. The van der Waals surface area contributed by atoms with E-state index >= 15 is 0 Å². The lowest BCUT2D eigenvalue weighted by atomic mass is 9.97. The van der Waals surface area contributed by atoms with Crippen LogP contribution in [0.2, 0.25) is 0 Å². The second kappa shape index (κ2) is 6.15. The van der Waals surface area contributed by atoms with Crippen LogP contribution in [0.3, 0.4) is 0 Å². The molecule has 0 aliphatic carbocycles. The summed E-state index contributed by atoms with van der Waals surface area (Å²) in [6.07, 6.45) is 2.15. The summed E-state index contributed by atoms with van der Waals surface area (Å²) < 4.78 is 13.8. The van der Waals surface area contributed by atoms with Gasteiger partial charge in [0.15, 0.2) is 0 Å². The lowest BCUT2D eigenvalue weighted by Gasteiger charge is -2.27. The minimum Gasteiger partial charge on any atom is -0.341 e. The van der Waals surface area contributed by atoms with Crippen molar-refractivity contribution in [3.63, 3.8) is 0 Å². The van der Waals surface area contributed by atoms with Crippen molar-refractivity contribution >= 4 is 5.91 Å². The van der Waals surface area contributed by atoms with Crippen LogP contribution in [0.4, 0.5) is 4.39 Å². The highest BCUT2D eigenvalue weighted by Gasteiger charge is 2.20. The third-order valence-corrected chi connectivity index (χ3v) is 3.69. The lowest BCUT2D eigenvalue weighted by Crippen LogP contribution is -2.37. The molecule has 1 aliphatic rings. The first-order valence-electron chi connectivity index (χ1n) is 6.80. The SMILES string of the molecule is Cc1ccc(C(=O)N(C)CC2CCNCC2)c(F)c1. The van der Waals surface area contributed by atoms with Crippen molar-refractivity contribution < 1.29 is 9.18 Å². The van der Waals surface area contributed by atoms with Gasteiger partial charge in [-0.2, -0.15) is 0 Å². The molecule has 2 rings (SSSR count). The average Bonchev–Trinajstić information content (AvgIpc) is 2.39. The van der Waals surface area contributed by atoms with Crippen LogP contribution in [0.5, 0.6) is 0 Å². The summed E-state index contributed by atoms with van der Waals surface area (Å²) in [5.74, 6) is -0.137. The Hall–Kier alpha value is -1.42. The van der Waals surface area contributed by atoms with Crippen molar-refractivity contribution in [1.82, 2.24) is 10.2 Å². The second-order valence-electron chi connectivity index (χ2n) is 5.36. The van der Waals surface area contributed by atoms with Gasteiger partial charge in [0, 0.05) is 13.6 Å². The normalized spacial score (nSPS) is 16.4. The fourth-order valence-corrected chi connectivity index (χ4v) is 2.53. The molecule has 0 atom stereocenters. The second-order valence-corrected chi connectivity index (χ2v) is 5.36. The molecule has 1 fully saturated rings. The Bertz CT molecular complexity index is 455. The van der Waals surface area contributed by atoms with Crippen molar-refractivity contribution in [3.8, 4) is 0 Å². The summed E-state index contributed by atoms with van der Waals surface area (Å²) in [6, 6.07) is 4.76. The maximum absolute atomic E-state index is 13.8. The number of halogens is 1. The number of nitrogens with zero attached hydrogens (tertiary/aromatic N) is 1. The van der Waals surface area contributed by atoms with Crippen molar-refractivity contribution in [2.24, 2.45) is 5.92 Å². The van der Waals surface area contributed by atoms with E-state index in [1.807, 2.05) is 6.92 Å². The molecular weight excluding hydrogens is 243 g/mol. The number of carbonyl (C=O) groups is 1. The molecule has 1 saturated heterocycles. The van der Waals surface area contributed by atoms with Gasteiger partial charge >= 0.3 is 0 Å². The number of hydrogen-bond donors (Lipinski definition) is 1. The van der Waals surface area contributed by atoms with Gasteiger partial charge in [-0.25, -0.2) is 4.39 Å². The summed E-state index contributed by atoms with van der Waals surface area (Å²) in [7, 11) is 1.75. The molecule has 1 aliphatic heterocycles. The summed E-state index contributed by atoms with van der Waals surface area (Å²) in [4.78, 5) is 13.9. The van der Waals surface area contributed by atoms with Crippen LogP contribution in [0.25, 0.3) is 0 Å². The summed E-state index contributed by atoms with van der Waals surface area (Å²) in [6.45, 7) is 4.53. The average molecular weight is 264 g/mol. The number of nitrogens with one attached hydrogen (secondary N) is 1. The standard InChI is InChI=1S/C15H21FN2O/c1-11-3-4-13(14(16)9-11)15(19)18(2)10-12-5-7-17-8-6-12/h3-4,9,12,17H,5-8,10H2,1-2H3. The molecule has 0 spiro atoms. The Balaban J connectivity index is 2.01. The van der Waals surface area contributed by atoms with E-state index in [1.165, 1.54) is 6.07 Å². The van der Waals surface area contributed by atoms with Gasteiger partial charge in [0.1, 0.15) is 5.82 Å². The number of piperidine rings is 1. The molecule has 3 nitrogen and oxygen atoms in total. The van der Waals surface area contributed by atoms with E-state index in [9.17, 15) is 9.18 Å². The molecule has 1 aromatic rings. The van der Waals surface area contributed by atoms with Gasteiger partial charge in [0.25, 0.3) is 5.91 Å². The van der Waals surface area contributed by atoms with E-state index in [4.69, 9.17) is 0 Å². The van der Waals surface area contributed by atoms with E-state index in [1.54, 1.807) is 24.1 Å². The summed E-state index contributed by atoms with van der Waals surface area (Å²) in [5.41, 5.74) is 0.997. The molecule has 0 radical (unpaired) electrons. The van der Waals surface area contributed by atoms with Crippen LogP contribution in [-0.4, -0.2) is 37.5 Å².